The Labute approximate surface area is 412 Å². The summed E-state index contributed by atoms with van der Waals surface area (Å²) in [6, 6.07) is 43.2. The van der Waals surface area contributed by atoms with Crippen LogP contribution >= 0.6 is 0 Å². The van der Waals surface area contributed by atoms with Crippen LogP contribution in [0.1, 0.15) is 52.7 Å². The Morgan fingerprint density at radius 3 is 0.750 bits per heavy atom. The van der Waals surface area contributed by atoms with E-state index in [2.05, 4.69) is 0 Å². The van der Waals surface area contributed by atoms with Crippen molar-refractivity contribution in [3.63, 3.8) is 0 Å². The molecule has 0 saturated heterocycles. The number of hydrogen-bond acceptors (Lipinski definition) is 12. The number of nitrogens with zero attached hydrogens (tertiary/aromatic N) is 4. The summed E-state index contributed by atoms with van der Waals surface area (Å²) in [5.74, 6) is -0.411. The van der Waals surface area contributed by atoms with Crippen LogP contribution < -0.4 is 18.9 Å². The van der Waals surface area contributed by atoms with E-state index in [0.29, 0.717) is 22.3 Å². The summed E-state index contributed by atoms with van der Waals surface area (Å²) in [7, 11) is 0. The van der Waals surface area contributed by atoms with E-state index < -0.39 is 42.4 Å². The summed E-state index contributed by atoms with van der Waals surface area (Å²) in [6.45, 7) is 12.3. The van der Waals surface area contributed by atoms with Crippen molar-refractivity contribution in [3.8, 4) is 90.5 Å². The first-order valence-electron chi connectivity index (χ1n) is 22.5. The van der Waals surface area contributed by atoms with E-state index in [0.717, 1.165) is 57.6 Å². The molecule has 0 fully saturated rings. The molecule has 72 heavy (non-hydrogen) atoms. The molecule has 0 aromatic heterocycles. The molecule has 1 aliphatic heterocycles. The Bertz CT molecular complexity index is 3110. The fraction of sp³-hybridized carbons (Fsp3) is 0.143. The van der Waals surface area contributed by atoms with Gasteiger partial charge in [-0.25, -0.2) is 0 Å². The monoisotopic (exact) mass is 964 g/mol. The highest BCUT2D eigenvalue weighted by molar-refractivity contribution is 5.78. The van der Waals surface area contributed by atoms with E-state index in [-0.39, 0.29) is 56.8 Å². The molecule has 1 aliphatic rings. The summed E-state index contributed by atoms with van der Waals surface area (Å²) < 4.78 is 24.9. The normalized spacial score (nSPS) is 12.1. The molecule has 16 heteroatoms. The van der Waals surface area contributed by atoms with Crippen molar-refractivity contribution < 1.29 is 38.6 Å². The van der Waals surface area contributed by atoms with Gasteiger partial charge in [-0.1, -0.05) is 114 Å². The summed E-state index contributed by atoms with van der Waals surface area (Å²) in [5, 5.41) is 50.0. The molecule has 0 amide bonds. The van der Waals surface area contributed by atoms with Gasteiger partial charge in [0.2, 0.25) is 23.0 Å². The molecule has 360 valence electrons. The van der Waals surface area contributed by atoms with Crippen LogP contribution in [-0.2, 0) is 10.8 Å². The number of nitro benzene ring substituents is 4. The van der Waals surface area contributed by atoms with Crippen LogP contribution in [0.5, 0.6) is 46.0 Å². The van der Waals surface area contributed by atoms with Gasteiger partial charge in [0.25, 0.3) is 0 Å². The molecule has 0 saturated carbocycles. The van der Waals surface area contributed by atoms with Crippen LogP contribution in [0.3, 0.4) is 0 Å². The fourth-order valence-corrected chi connectivity index (χ4v) is 8.23. The molecule has 16 nitrogen and oxygen atoms in total. The average molecular weight is 965 g/mol. The zero-order valence-electron chi connectivity index (χ0n) is 39.7. The van der Waals surface area contributed by atoms with E-state index in [1.54, 1.807) is 72.8 Å². The Morgan fingerprint density at radius 2 is 0.542 bits per heavy atom. The van der Waals surface area contributed by atoms with Crippen molar-refractivity contribution in [2.24, 2.45) is 0 Å². The van der Waals surface area contributed by atoms with Gasteiger partial charge in [0.1, 0.15) is 35.1 Å². The third-order valence-corrected chi connectivity index (χ3v) is 12.0. The van der Waals surface area contributed by atoms with Crippen molar-refractivity contribution in [3.05, 3.63) is 209 Å². The molecule has 8 aromatic rings. The standard InChI is InChI=1S/C56H44N4O12/c1-55(2,3)41-21-37-19-38(22-41)34-12-8-16-44(26-34)70-52-32-54(50(60(67)68)30-48(52)58(63)64)72-46-18-10-14-36(28-46)40-20-39(23-42(24-40)56(4,5)6)35-13-9-17-45(27-35)71-53-31-51(69-43-15-7-11-33(37)25-43)47(57(61)62)29-49(53)59(65)66/h7-32H,1-6H3. The summed E-state index contributed by atoms with van der Waals surface area (Å²) >= 11 is 0. The molecule has 0 radical (unpaired) electrons. The maximum Gasteiger partial charge on any atom is 0.318 e. The van der Waals surface area contributed by atoms with Crippen LogP contribution in [0.2, 0.25) is 0 Å². The molecular formula is C56H44N4O12. The number of fused-ring (bicyclic) bond motifs is 20. The second-order valence-electron chi connectivity index (χ2n) is 19.2. The summed E-state index contributed by atoms with van der Waals surface area (Å²) in [5.41, 5.74) is 4.14. The molecule has 0 N–H and O–H groups in total. The van der Waals surface area contributed by atoms with E-state index in [4.69, 9.17) is 18.9 Å². The third kappa shape index (κ3) is 10.0. The van der Waals surface area contributed by atoms with Crippen molar-refractivity contribution in [1.29, 1.82) is 0 Å². The van der Waals surface area contributed by atoms with Gasteiger partial charge in [0.15, 0.2) is 0 Å². The molecule has 9 rings (SSSR count). The van der Waals surface area contributed by atoms with E-state index in [9.17, 15) is 40.5 Å². The van der Waals surface area contributed by atoms with Crippen molar-refractivity contribution in [2.75, 3.05) is 0 Å². The minimum Gasteiger partial charge on any atom is -0.450 e. The second-order valence-corrected chi connectivity index (χ2v) is 19.2. The maximum absolute atomic E-state index is 12.5. The van der Waals surface area contributed by atoms with Gasteiger partial charge in [-0.3, -0.25) is 40.5 Å². The van der Waals surface area contributed by atoms with E-state index in [1.807, 2.05) is 102 Å². The smallest absolute Gasteiger partial charge is 0.318 e. The van der Waals surface area contributed by atoms with Crippen molar-refractivity contribution >= 4 is 22.7 Å². The van der Waals surface area contributed by atoms with Gasteiger partial charge in [-0.05, 0) is 127 Å². The third-order valence-electron chi connectivity index (χ3n) is 12.0. The number of nitro groups is 4. The zero-order valence-corrected chi connectivity index (χ0v) is 39.7. The fourth-order valence-electron chi connectivity index (χ4n) is 8.23. The first-order valence-corrected chi connectivity index (χ1v) is 22.5. The number of ether oxygens (including phenoxy) is 4. The SMILES string of the molecule is CC(C)(C)c1cc2cc(c1)-c1cccc(c1)Oc1cc(c([N+](=O)[O-])cc1[N+](=O)[O-])Oc1cccc(c1)-c1cc(cc(C(C)(C)C)c1)-c1cccc(c1)Oc1cc(c([N+](=O)[O-])cc1[N+](=O)[O-])Oc1cccc-2c1. The molecule has 1 heterocycles. The molecule has 0 unspecified atom stereocenters. The molecule has 16 bridgehead atoms. The Morgan fingerprint density at radius 1 is 0.306 bits per heavy atom. The van der Waals surface area contributed by atoms with Crippen LogP contribution in [0.4, 0.5) is 22.7 Å². The number of benzene rings is 8. The van der Waals surface area contributed by atoms with Crippen LogP contribution in [0.25, 0.3) is 44.5 Å². The largest absolute Gasteiger partial charge is 0.450 e. The van der Waals surface area contributed by atoms with Gasteiger partial charge in [-0.2, -0.15) is 0 Å². The molecule has 0 aliphatic carbocycles. The molecule has 0 atom stereocenters. The highest BCUT2D eigenvalue weighted by Crippen LogP contribution is 2.47. The Kier molecular flexibility index (Phi) is 12.2. The average Bonchev–Trinajstić information content (AvgIpc) is 3.33. The lowest BCUT2D eigenvalue weighted by atomic mass is 9.83. The lowest BCUT2D eigenvalue weighted by Crippen LogP contribution is -2.11. The van der Waals surface area contributed by atoms with Gasteiger partial charge in [0.05, 0.1) is 19.7 Å². The lowest BCUT2D eigenvalue weighted by molar-refractivity contribution is -0.395. The van der Waals surface area contributed by atoms with Crippen LogP contribution in [0.15, 0.2) is 158 Å². The number of hydrogen-bond donors (Lipinski definition) is 0. The van der Waals surface area contributed by atoms with Crippen LogP contribution in [0, 0.1) is 40.5 Å². The van der Waals surface area contributed by atoms with Crippen LogP contribution in [-0.4, -0.2) is 19.7 Å². The van der Waals surface area contributed by atoms with Gasteiger partial charge in [0, 0.05) is 12.1 Å². The Hall–Kier alpha value is -9.44. The minimum atomic E-state index is -0.753. The zero-order chi connectivity index (χ0) is 51.2. The second kappa shape index (κ2) is 18.5. The highest BCUT2D eigenvalue weighted by atomic mass is 16.6. The Balaban J connectivity index is 1.26. The number of rotatable bonds is 4. The van der Waals surface area contributed by atoms with Crippen molar-refractivity contribution in [1.82, 2.24) is 0 Å². The maximum atomic E-state index is 12.5. The predicted octanol–water partition coefficient (Wildman–Crippen LogP) is 16.1. The molecular weight excluding hydrogens is 921 g/mol. The van der Waals surface area contributed by atoms with E-state index >= 15 is 0 Å². The molecule has 8 aromatic carbocycles. The lowest BCUT2D eigenvalue weighted by Gasteiger charge is -2.22. The first-order chi connectivity index (χ1) is 34.2. The predicted molar refractivity (Wildman–Crippen MR) is 272 cm³/mol. The van der Waals surface area contributed by atoms with Crippen molar-refractivity contribution in [2.45, 2.75) is 52.4 Å². The van der Waals surface area contributed by atoms with Gasteiger partial charge in [-0.15, -0.1) is 0 Å². The van der Waals surface area contributed by atoms with Gasteiger partial charge >= 0.3 is 22.7 Å². The quantitative estimate of drug-likeness (QED) is 0.119. The topological polar surface area (TPSA) is 209 Å². The highest BCUT2D eigenvalue weighted by Gasteiger charge is 2.30. The molecule has 0 spiro atoms. The summed E-state index contributed by atoms with van der Waals surface area (Å²) in [4.78, 5) is 47.0. The van der Waals surface area contributed by atoms with Gasteiger partial charge < -0.3 is 18.9 Å². The summed E-state index contributed by atoms with van der Waals surface area (Å²) in [6.07, 6.45) is 0. The van der Waals surface area contributed by atoms with E-state index in [1.165, 1.54) is 0 Å². The minimum absolute atomic E-state index is 0.191. The first kappa shape index (κ1) is 47.6.